The molecule has 0 bridgehead atoms. The molecule has 0 unspecified atom stereocenters. The molecular formula is C11H18O5. The van der Waals surface area contributed by atoms with Crippen LogP contribution in [0.1, 0.15) is 33.6 Å². The molecule has 0 saturated carbocycles. The molecule has 0 aliphatic rings. The Morgan fingerprint density at radius 1 is 1.19 bits per heavy atom. The van der Waals surface area contributed by atoms with Crippen molar-refractivity contribution in [3.05, 3.63) is 12.3 Å². The zero-order valence-corrected chi connectivity index (χ0v) is 9.91. The summed E-state index contributed by atoms with van der Waals surface area (Å²) in [4.78, 5) is 22.3. The number of carbonyl (C=O) groups excluding carboxylic acids is 2. The maximum atomic E-state index is 11.2. The minimum Gasteiger partial charge on any atom is -0.513 e. The summed E-state index contributed by atoms with van der Waals surface area (Å²) in [7, 11) is 0. The number of ether oxygens (including phenoxy) is 2. The number of allylic oxidation sites excluding steroid dienone is 1. The van der Waals surface area contributed by atoms with Crippen LogP contribution in [0.3, 0.4) is 0 Å². The van der Waals surface area contributed by atoms with Crippen molar-refractivity contribution in [3.8, 4) is 0 Å². The molecule has 0 spiro atoms. The molecule has 0 atom stereocenters. The third-order valence-electron chi connectivity index (χ3n) is 1.64. The average molecular weight is 230 g/mol. The number of esters is 2. The Morgan fingerprint density at radius 2 is 1.75 bits per heavy atom. The van der Waals surface area contributed by atoms with E-state index in [1.807, 2.05) is 0 Å². The van der Waals surface area contributed by atoms with Gasteiger partial charge in [0.25, 0.3) is 0 Å². The van der Waals surface area contributed by atoms with Crippen molar-refractivity contribution in [2.24, 2.45) is 5.41 Å². The maximum absolute atomic E-state index is 11.2. The molecule has 0 rings (SSSR count). The zero-order chi connectivity index (χ0) is 12.8. The van der Waals surface area contributed by atoms with Crippen LogP contribution in [0.25, 0.3) is 0 Å². The van der Waals surface area contributed by atoms with Crippen LogP contribution in [-0.4, -0.2) is 23.8 Å². The van der Waals surface area contributed by atoms with E-state index in [4.69, 9.17) is 9.84 Å². The van der Waals surface area contributed by atoms with Gasteiger partial charge in [0.2, 0.25) is 6.79 Å². The summed E-state index contributed by atoms with van der Waals surface area (Å²) >= 11 is 0. The van der Waals surface area contributed by atoms with Crippen LogP contribution in [-0.2, 0) is 19.1 Å². The molecule has 0 heterocycles. The quantitative estimate of drug-likeness (QED) is 0.444. The Labute approximate surface area is 95.0 Å². The second-order valence-electron chi connectivity index (χ2n) is 4.38. The fourth-order valence-electron chi connectivity index (χ4n) is 0.684. The Kier molecular flexibility index (Phi) is 5.56. The molecule has 1 N–H and O–H groups in total. The summed E-state index contributed by atoms with van der Waals surface area (Å²) in [6, 6.07) is 0. The van der Waals surface area contributed by atoms with E-state index in [-0.39, 0.29) is 18.6 Å². The van der Waals surface area contributed by atoms with Crippen LogP contribution < -0.4 is 0 Å². The molecule has 0 aliphatic heterocycles. The van der Waals surface area contributed by atoms with Crippen LogP contribution in [0, 0.1) is 5.41 Å². The number of hydrogen-bond acceptors (Lipinski definition) is 5. The molecule has 0 amide bonds. The van der Waals surface area contributed by atoms with Crippen molar-refractivity contribution >= 4 is 11.9 Å². The lowest BCUT2D eigenvalue weighted by Crippen LogP contribution is -2.24. The summed E-state index contributed by atoms with van der Waals surface area (Å²) in [5.74, 6) is -1.06. The van der Waals surface area contributed by atoms with Crippen LogP contribution >= 0.6 is 0 Å². The summed E-state index contributed by atoms with van der Waals surface area (Å²) in [6.45, 7) is 7.94. The first-order chi connectivity index (χ1) is 7.23. The van der Waals surface area contributed by atoms with Crippen molar-refractivity contribution in [3.63, 3.8) is 0 Å². The third kappa shape index (κ3) is 6.86. The van der Waals surface area contributed by atoms with E-state index < -0.39 is 24.1 Å². The Bertz CT molecular complexity index is 275. The van der Waals surface area contributed by atoms with Crippen LogP contribution in [0.5, 0.6) is 0 Å². The van der Waals surface area contributed by atoms with E-state index in [9.17, 15) is 9.59 Å². The molecular weight excluding hydrogens is 212 g/mol. The van der Waals surface area contributed by atoms with Gasteiger partial charge in [-0.2, -0.15) is 0 Å². The van der Waals surface area contributed by atoms with Gasteiger partial charge >= 0.3 is 11.9 Å². The first-order valence-electron chi connectivity index (χ1n) is 4.93. The lowest BCUT2D eigenvalue weighted by atomic mass is 9.98. The van der Waals surface area contributed by atoms with E-state index in [1.165, 1.54) is 0 Å². The van der Waals surface area contributed by atoms with Gasteiger partial charge in [-0.15, -0.1) is 0 Å². The molecule has 5 heteroatoms. The number of carbonyl (C=O) groups is 2. The van der Waals surface area contributed by atoms with Gasteiger partial charge in [-0.25, -0.2) is 0 Å². The fourth-order valence-corrected chi connectivity index (χ4v) is 0.684. The van der Waals surface area contributed by atoms with Gasteiger partial charge in [0.1, 0.15) is 0 Å². The van der Waals surface area contributed by atoms with Crippen LogP contribution in [0.2, 0.25) is 0 Å². The van der Waals surface area contributed by atoms with E-state index in [1.54, 1.807) is 20.8 Å². The highest BCUT2D eigenvalue weighted by molar-refractivity contribution is 5.75. The maximum Gasteiger partial charge on any atom is 0.314 e. The first kappa shape index (κ1) is 14.5. The number of rotatable bonds is 5. The van der Waals surface area contributed by atoms with E-state index in [0.29, 0.717) is 0 Å². The molecule has 0 saturated heterocycles. The normalized spacial score (nSPS) is 10.7. The molecule has 0 aromatic carbocycles. The lowest BCUT2D eigenvalue weighted by Gasteiger charge is -2.16. The monoisotopic (exact) mass is 230 g/mol. The highest BCUT2D eigenvalue weighted by atomic mass is 16.7. The van der Waals surface area contributed by atoms with Gasteiger partial charge in [-0.1, -0.05) is 6.58 Å². The first-order valence-corrected chi connectivity index (χ1v) is 4.93. The van der Waals surface area contributed by atoms with Gasteiger partial charge in [0.15, 0.2) is 0 Å². The molecule has 92 valence electrons. The SMILES string of the molecule is C=C(O)CCC(=O)OCOC(=O)C(C)(C)C. The number of aliphatic hydroxyl groups is 1. The van der Waals surface area contributed by atoms with Crippen molar-refractivity contribution in [2.75, 3.05) is 6.79 Å². The summed E-state index contributed by atoms with van der Waals surface area (Å²) in [6.07, 6.45) is 0.161. The topological polar surface area (TPSA) is 72.8 Å². The lowest BCUT2D eigenvalue weighted by molar-refractivity contribution is -0.173. The molecule has 5 nitrogen and oxygen atoms in total. The summed E-state index contributed by atoms with van der Waals surface area (Å²) in [5, 5.41) is 8.73. The van der Waals surface area contributed by atoms with Crippen molar-refractivity contribution in [1.82, 2.24) is 0 Å². The Morgan fingerprint density at radius 3 is 2.19 bits per heavy atom. The van der Waals surface area contributed by atoms with Gasteiger partial charge in [-0.3, -0.25) is 9.59 Å². The van der Waals surface area contributed by atoms with Crippen molar-refractivity contribution in [2.45, 2.75) is 33.6 Å². The van der Waals surface area contributed by atoms with Crippen LogP contribution in [0.4, 0.5) is 0 Å². The summed E-state index contributed by atoms with van der Waals surface area (Å²) in [5.41, 5.74) is -0.619. The van der Waals surface area contributed by atoms with Crippen molar-refractivity contribution in [1.29, 1.82) is 0 Å². The van der Waals surface area contributed by atoms with Crippen molar-refractivity contribution < 1.29 is 24.2 Å². The molecule has 16 heavy (non-hydrogen) atoms. The molecule has 0 radical (unpaired) electrons. The van der Waals surface area contributed by atoms with E-state index in [0.717, 1.165) is 0 Å². The standard InChI is InChI=1S/C11H18O5/c1-8(12)5-6-9(13)15-7-16-10(14)11(2,3)4/h12H,1,5-7H2,2-4H3. The smallest absolute Gasteiger partial charge is 0.314 e. The number of aliphatic hydroxyl groups excluding tert-OH is 1. The van der Waals surface area contributed by atoms with Gasteiger partial charge in [-0.05, 0) is 20.8 Å². The fraction of sp³-hybridized carbons (Fsp3) is 0.636. The average Bonchev–Trinajstić information content (AvgIpc) is 2.13. The second kappa shape index (κ2) is 6.15. The highest BCUT2D eigenvalue weighted by Crippen LogP contribution is 2.14. The minimum absolute atomic E-state index is 0.0163. The minimum atomic E-state index is -0.619. The van der Waals surface area contributed by atoms with Gasteiger partial charge in [0, 0.05) is 6.42 Å². The van der Waals surface area contributed by atoms with E-state index in [2.05, 4.69) is 11.3 Å². The zero-order valence-electron chi connectivity index (χ0n) is 9.91. The van der Waals surface area contributed by atoms with Crippen LogP contribution in [0.15, 0.2) is 12.3 Å². The largest absolute Gasteiger partial charge is 0.513 e. The molecule has 0 aromatic rings. The van der Waals surface area contributed by atoms with Gasteiger partial charge in [0.05, 0.1) is 17.6 Å². The molecule has 0 fully saturated rings. The van der Waals surface area contributed by atoms with Gasteiger partial charge < -0.3 is 14.6 Å². The predicted molar refractivity (Wildman–Crippen MR) is 57.5 cm³/mol. The molecule has 0 aliphatic carbocycles. The second-order valence-corrected chi connectivity index (χ2v) is 4.38. The third-order valence-corrected chi connectivity index (χ3v) is 1.64. The number of hydrogen-bond donors (Lipinski definition) is 1. The van der Waals surface area contributed by atoms with E-state index >= 15 is 0 Å². The molecule has 0 aromatic heterocycles. The predicted octanol–water partition coefficient (Wildman–Crippen LogP) is 1.93. The summed E-state index contributed by atoms with van der Waals surface area (Å²) < 4.78 is 9.34. The highest BCUT2D eigenvalue weighted by Gasteiger charge is 2.23. The Hall–Kier alpha value is -1.52. The Balaban J connectivity index is 3.71.